The highest BCUT2D eigenvalue weighted by molar-refractivity contribution is 5.36. The Bertz CT molecular complexity index is 403. The lowest BCUT2D eigenvalue weighted by atomic mass is 10.0. The largest absolute Gasteiger partial charge is 0.478 e. The monoisotopic (exact) mass is 201 g/mol. The van der Waals surface area contributed by atoms with Crippen LogP contribution in [0.1, 0.15) is 18.0 Å². The smallest absolute Gasteiger partial charge is 0.174 e. The van der Waals surface area contributed by atoms with Crippen molar-refractivity contribution in [1.82, 2.24) is 0 Å². The van der Waals surface area contributed by atoms with Gasteiger partial charge in [0, 0.05) is 11.6 Å². The molecule has 76 valence electrons. The number of benzene rings is 1. The van der Waals surface area contributed by atoms with Gasteiger partial charge in [0.15, 0.2) is 6.61 Å². The van der Waals surface area contributed by atoms with Crippen LogP contribution in [-0.2, 0) is 0 Å². The Morgan fingerprint density at radius 2 is 2.00 bits per heavy atom. The van der Waals surface area contributed by atoms with Crippen molar-refractivity contribution in [2.75, 3.05) is 6.61 Å². The van der Waals surface area contributed by atoms with Crippen LogP contribution in [-0.4, -0.2) is 6.61 Å². The zero-order valence-corrected chi connectivity index (χ0v) is 8.18. The van der Waals surface area contributed by atoms with Crippen molar-refractivity contribution in [3.8, 4) is 17.9 Å². The normalized spacial score (nSPS) is 11.1. The minimum atomic E-state index is -0.370. The van der Waals surface area contributed by atoms with Crippen molar-refractivity contribution >= 4 is 0 Å². The fourth-order valence-electron chi connectivity index (χ4n) is 1.24. The summed E-state index contributed by atoms with van der Waals surface area (Å²) in [6, 6.07) is 10.7. The Morgan fingerprint density at radius 3 is 2.67 bits per heavy atom. The van der Waals surface area contributed by atoms with E-state index in [1.807, 2.05) is 18.2 Å². The van der Waals surface area contributed by atoms with Crippen LogP contribution in [0.3, 0.4) is 0 Å². The van der Waals surface area contributed by atoms with E-state index in [0.717, 1.165) is 5.56 Å². The molecule has 0 aliphatic carbocycles. The Morgan fingerprint density at radius 1 is 1.27 bits per heavy atom. The standard InChI is InChI=1S/C11H11N3O/c12-6-5-10(14)9-3-1-2-4-11(9)15-8-7-13/h1-4,10H,5,8,14H2. The lowest BCUT2D eigenvalue weighted by Gasteiger charge is -2.12. The predicted octanol–water partition coefficient (Wildman–Crippen LogP) is 1.50. The van der Waals surface area contributed by atoms with Gasteiger partial charge in [-0.2, -0.15) is 10.5 Å². The van der Waals surface area contributed by atoms with E-state index < -0.39 is 0 Å². The lowest BCUT2D eigenvalue weighted by Crippen LogP contribution is -2.11. The molecule has 0 amide bonds. The Labute approximate surface area is 88.5 Å². The van der Waals surface area contributed by atoms with Crippen LogP contribution in [0.5, 0.6) is 5.75 Å². The molecule has 4 nitrogen and oxygen atoms in total. The zero-order valence-electron chi connectivity index (χ0n) is 8.18. The summed E-state index contributed by atoms with van der Waals surface area (Å²) >= 11 is 0. The maximum Gasteiger partial charge on any atom is 0.174 e. The van der Waals surface area contributed by atoms with E-state index in [4.69, 9.17) is 21.0 Å². The van der Waals surface area contributed by atoms with E-state index in [1.54, 1.807) is 18.2 Å². The van der Waals surface area contributed by atoms with Crippen LogP contribution in [0.4, 0.5) is 0 Å². The molecular formula is C11H11N3O. The number of rotatable bonds is 4. The highest BCUT2D eigenvalue weighted by Crippen LogP contribution is 2.24. The average Bonchev–Trinajstić information content (AvgIpc) is 2.27. The van der Waals surface area contributed by atoms with Crippen LogP contribution >= 0.6 is 0 Å². The highest BCUT2D eigenvalue weighted by atomic mass is 16.5. The first-order valence-corrected chi connectivity index (χ1v) is 4.50. The molecule has 0 radical (unpaired) electrons. The topological polar surface area (TPSA) is 82.8 Å². The maximum atomic E-state index is 8.54. The van der Waals surface area contributed by atoms with Gasteiger partial charge in [-0.3, -0.25) is 0 Å². The lowest BCUT2D eigenvalue weighted by molar-refractivity contribution is 0.361. The summed E-state index contributed by atoms with van der Waals surface area (Å²) in [6.07, 6.45) is 0.229. The fraction of sp³-hybridized carbons (Fsp3) is 0.273. The van der Waals surface area contributed by atoms with Crippen LogP contribution < -0.4 is 10.5 Å². The maximum absolute atomic E-state index is 8.54. The Balaban J connectivity index is 2.87. The molecule has 0 spiro atoms. The molecule has 0 saturated heterocycles. The van der Waals surface area contributed by atoms with Gasteiger partial charge in [0.2, 0.25) is 0 Å². The molecule has 1 unspecified atom stereocenters. The first-order chi connectivity index (χ1) is 7.29. The number of nitriles is 2. The molecule has 0 aliphatic heterocycles. The summed E-state index contributed by atoms with van der Waals surface area (Å²) in [5.41, 5.74) is 6.55. The minimum Gasteiger partial charge on any atom is -0.478 e. The van der Waals surface area contributed by atoms with Gasteiger partial charge >= 0.3 is 0 Å². The van der Waals surface area contributed by atoms with Gasteiger partial charge in [-0.1, -0.05) is 18.2 Å². The third-order valence-electron chi connectivity index (χ3n) is 1.92. The molecule has 0 saturated carbocycles. The van der Waals surface area contributed by atoms with Gasteiger partial charge in [0.25, 0.3) is 0 Å². The van der Waals surface area contributed by atoms with Crippen LogP contribution in [0.2, 0.25) is 0 Å². The molecule has 1 aromatic carbocycles. The molecule has 1 rings (SSSR count). The van der Waals surface area contributed by atoms with Gasteiger partial charge in [0.05, 0.1) is 12.5 Å². The first-order valence-electron chi connectivity index (χ1n) is 4.50. The van der Waals surface area contributed by atoms with E-state index in [9.17, 15) is 0 Å². The van der Waals surface area contributed by atoms with E-state index in [1.165, 1.54) is 0 Å². The Hall–Kier alpha value is -2.04. The molecule has 0 bridgehead atoms. The third kappa shape index (κ3) is 2.98. The number of ether oxygens (including phenoxy) is 1. The summed E-state index contributed by atoms with van der Waals surface area (Å²) in [6.45, 7) is -0.0176. The molecule has 4 heteroatoms. The summed E-state index contributed by atoms with van der Waals surface area (Å²) in [4.78, 5) is 0. The molecule has 1 aromatic rings. The fourth-order valence-corrected chi connectivity index (χ4v) is 1.24. The minimum absolute atomic E-state index is 0.0176. The SMILES string of the molecule is N#CCOc1ccccc1C(N)CC#N. The van der Waals surface area contributed by atoms with Crippen LogP contribution in [0, 0.1) is 22.7 Å². The van der Waals surface area contributed by atoms with E-state index >= 15 is 0 Å². The summed E-state index contributed by atoms with van der Waals surface area (Å²) in [5, 5.41) is 16.9. The van der Waals surface area contributed by atoms with Gasteiger partial charge in [-0.05, 0) is 6.07 Å². The average molecular weight is 201 g/mol. The second kappa shape index (κ2) is 5.64. The molecule has 0 fully saturated rings. The van der Waals surface area contributed by atoms with Crippen molar-refractivity contribution in [2.24, 2.45) is 5.73 Å². The molecule has 1 atom stereocenters. The Kier molecular flexibility index (Phi) is 4.15. The van der Waals surface area contributed by atoms with Crippen molar-refractivity contribution in [2.45, 2.75) is 12.5 Å². The molecule has 2 N–H and O–H groups in total. The second-order valence-corrected chi connectivity index (χ2v) is 2.95. The second-order valence-electron chi connectivity index (χ2n) is 2.95. The van der Waals surface area contributed by atoms with Crippen LogP contribution in [0.25, 0.3) is 0 Å². The molecule has 0 heterocycles. The number of nitrogens with two attached hydrogens (primary N) is 1. The van der Waals surface area contributed by atoms with Crippen LogP contribution in [0.15, 0.2) is 24.3 Å². The van der Waals surface area contributed by atoms with Gasteiger partial charge < -0.3 is 10.5 Å². The number of para-hydroxylation sites is 1. The van der Waals surface area contributed by atoms with Crippen molar-refractivity contribution in [1.29, 1.82) is 10.5 Å². The molecule has 0 aliphatic rings. The molecular weight excluding hydrogens is 190 g/mol. The number of nitrogens with zero attached hydrogens (tertiary/aromatic N) is 2. The molecule has 15 heavy (non-hydrogen) atoms. The van der Waals surface area contributed by atoms with Crippen molar-refractivity contribution < 1.29 is 4.74 Å². The zero-order chi connectivity index (χ0) is 11.1. The van der Waals surface area contributed by atoms with Crippen molar-refractivity contribution in [3.05, 3.63) is 29.8 Å². The van der Waals surface area contributed by atoms with Gasteiger partial charge in [-0.25, -0.2) is 0 Å². The molecule has 0 aromatic heterocycles. The van der Waals surface area contributed by atoms with Crippen molar-refractivity contribution in [3.63, 3.8) is 0 Å². The predicted molar refractivity (Wildman–Crippen MR) is 54.7 cm³/mol. The van der Waals surface area contributed by atoms with Gasteiger partial charge in [0.1, 0.15) is 11.8 Å². The quantitative estimate of drug-likeness (QED) is 0.800. The first kappa shape index (κ1) is 11.0. The third-order valence-corrected chi connectivity index (χ3v) is 1.92. The summed E-state index contributed by atoms with van der Waals surface area (Å²) < 4.78 is 5.20. The van der Waals surface area contributed by atoms with Gasteiger partial charge in [-0.15, -0.1) is 0 Å². The van der Waals surface area contributed by atoms with E-state index in [2.05, 4.69) is 0 Å². The summed E-state index contributed by atoms with van der Waals surface area (Å²) in [7, 11) is 0. The van der Waals surface area contributed by atoms with E-state index in [0.29, 0.717) is 5.75 Å². The van der Waals surface area contributed by atoms with E-state index in [-0.39, 0.29) is 19.1 Å². The number of hydrogen-bond donors (Lipinski definition) is 1. The number of hydrogen-bond acceptors (Lipinski definition) is 4. The highest BCUT2D eigenvalue weighted by Gasteiger charge is 2.10. The summed E-state index contributed by atoms with van der Waals surface area (Å²) in [5.74, 6) is 0.571.